The normalized spacial score (nSPS) is 10.1. The molecule has 0 spiro atoms. The lowest BCUT2D eigenvalue weighted by Crippen LogP contribution is -2.15. The minimum Gasteiger partial charge on any atom is -0.375 e. The molecule has 0 saturated heterocycles. The van der Waals surface area contributed by atoms with Crippen molar-refractivity contribution in [2.45, 2.75) is 6.54 Å². The van der Waals surface area contributed by atoms with Gasteiger partial charge in [0.25, 0.3) is 0 Å². The van der Waals surface area contributed by atoms with Gasteiger partial charge in [0.1, 0.15) is 0 Å². The lowest BCUT2D eigenvalue weighted by molar-refractivity contribution is -0.496. The van der Waals surface area contributed by atoms with Crippen LogP contribution in [0, 0.1) is 21.7 Å². The molecular weight excluding hydrogens is 206 g/mol. The maximum absolute atomic E-state index is 13.3. The molecule has 6 heteroatoms. The molecule has 0 N–H and O–H groups in total. The van der Waals surface area contributed by atoms with Gasteiger partial charge in [0, 0.05) is 24.6 Å². The van der Waals surface area contributed by atoms with Crippen molar-refractivity contribution in [3.8, 4) is 0 Å². The number of hydrogen-bond acceptors (Lipinski definition) is 3. The van der Waals surface area contributed by atoms with E-state index in [1.54, 1.807) is 0 Å². The summed E-state index contributed by atoms with van der Waals surface area (Å²) >= 11 is 0. The molecule has 0 amide bonds. The highest BCUT2D eigenvalue weighted by Crippen LogP contribution is 2.25. The second kappa shape index (κ2) is 4.20. The van der Waals surface area contributed by atoms with E-state index in [4.69, 9.17) is 0 Å². The van der Waals surface area contributed by atoms with E-state index < -0.39 is 23.1 Å². The van der Waals surface area contributed by atoms with Crippen molar-refractivity contribution in [3.63, 3.8) is 0 Å². The minimum absolute atomic E-state index is 0.0771. The molecule has 1 aromatic rings. The van der Waals surface area contributed by atoms with E-state index in [1.807, 2.05) is 0 Å². The molecule has 0 fully saturated rings. The molecule has 0 aliphatic heterocycles. The van der Waals surface area contributed by atoms with Gasteiger partial charge >= 0.3 is 0 Å². The van der Waals surface area contributed by atoms with Crippen LogP contribution in [0.15, 0.2) is 12.1 Å². The van der Waals surface area contributed by atoms with Crippen LogP contribution in [0.25, 0.3) is 0 Å². The lowest BCUT2D eigenvalue weighted by Gasteiger charge is -2.16. The zero-order valence-corrected chi connectivity index (χ0v) is 8.33. The molecule has 82 valence electrons. The number of benzene rings is 1. The van der Waals surface area contributed by atoms with Crippen molar-refractivity contribution >= 4 is 5.69 Å². The monoisotopic (exact) mass is 216 g/mol. The average Bonchev–Trinajstić information content (AvgIpc) is 2.10. The molecule has 0 heterocycles. The van der Waals surface area contributed by atoms with Crippen LogP contribution < -0.4 is 4.90 Å². The maximum atomic E-state index is 13.3. The van der Waals surface area contributed by atoms with Crippen molar-refractivity contribution in [3.05, 3.63) is 39.4 Å². The van der Waals surface area contributed by atoms with Crippen LogP contribution in [-0.4, -0.2) is 19.0 Å². The fraction of sp³-hybridized carbons (Fsp3) is 0.333. The smallest absolute Gasteiger partial charge is 0.231 e. The summed E-state index contributed by atoms with van der Waals surface area (Å²) in [6, 6.07) is 2.11. The van der Waals surface area contributed by atoms with E-state index in [9.17, 15) is 18.9 Å². The first-order valence-corrected chi connectivity index (χ1v) is 4.19. The third kappa shape index (κ3) is 2.39. The van der Waals surface area contributed by atoms with Crippen molar-refractivity contribution in [2.24, 2.45) is 0 Å². The molecule has 0 saturated carbocycles. The summed E-state index contributed by atoms with van der Waals surface area (Å²) in [5.74, 6) is -2.06. The lowest BCUT2D eigenvalue weighted by atomic mass is 10.1. The van der Waals surface area contributed by atoms with Gasteiger partial charge < -0.3 is 4.90 Å². The molecule has 4 nitrogen and oxygen atoms in total. The van der Waals surface area contributed by atoms with Crippen LogP contribution in [0.2, 0.25) is 0 Å². The SMILES string of the molecule is CN(C)c1c(C[N+](=O)[O-])ccc(F)c1F. The molecule has 0 aromatic heterocycles. The zero-order chi connectivity index (χ0) is 11.6. The highest BCUT2D eigenvalue weighted by molar-refractivity contribution is 5.53. The van der Waals surface area contributed by atoms with Gasteiger partial charge in [-0.1, -0.05) is 0 Å². The largest absolute Gasteiger partial charge is 0.375 e. The average molecular weight is 216 g/mol. The number of rotatable bonds is 3. The molecule has 15 heavy (non-hydrogen) atoms. The van der Waals surface area contributed by atoms with E-state index >= 15 is 0 Å². The van der Waals surface area contributed by atoms with Gasteiger partial charge in [-0.3, -0.25) is 10.1 Å². The standard InChI is InChI=1S/C9H10F2N2O2/c1-12(2)9-6(5-13(14)15)3-4-7(10)8(9)11/h3-4H,5H2,1-2H3. The Morgan fingerprint density at radius 1 is 1.40 bits per heavy atom. The van der Waals surface area contributed by atoms with E-state index in [0.29, 0.717) is 0 Å². The van der Waals surface area contributed by atoms with Gasteiger partial charge in [-0.15, -0.1) is 0 Å². The number of nitrogens with zero attached hydrogens (tertiary/aromatic N) is 2. The van der Waals surface area contributed by atoms with Crippen LogP contribution in [-0.2, 0) is 6.54 Å². The number of nitro groups is 1. The molecule has 1 rings (SSSR count). The highest BCUT2D eigenvalue weighted by Gasteiger charge is 2.18. The quantitative estimate of drug-likeness (QED) is 0.571. The molecule has 0 aliphatic rings. The topological polar surface area (TPSA) is 46.4 Å². The van der Waals surface area contributed by atoms with Crippen LogP contribution in [0.1, 0.15) is 5.56 Å². The first-order chi connectivity index (χ1) is 6.93. The Bertz CT molecular complexity index is 394. The van der Waals surface area contributed by atoms with Gasteiger partial charge in [-0.05, 0) is 12.1 Å². The van der Waals surface area contributed by atoms with Gasteiger partial charge in [-0.25, -0.2) is 8.78 Å². The van der Waals surface area contributed by atoms with E-state index in [-0.39, 0.29) is 11.3 Å². The first-order valence-electron chi connectivity index (χ1n) is 4.19. The second-order valence-electron chi connectivity index (χ2n) is 3.25. The van der Waals surface area contributed by atoms with Crippen LogP contribution in [0.3, 0.4) is 0 Å². The summed E-state index contributed by atoms with van der Waals surface area (Å²) in [4.78, 5) is 11.0. The van der Waals surface area contributed by atoms with Crippen molar-refractivity contribution in [1.29, 1.82) is 0 Å². The summed E-state index contributed by atoms with van der Waals surface area (Å²) in [5.41, 5.74) is 0.0793. The summed E-state index contributed by atoms with van der Waals surface area (Å²) in [6.45, 7) is -0.523. The molecule has 0 aliphatic carbocycles. The van der Waals surface area contributed by atoms with Crippen molar-refractivity contribution < 1.29 is 13.7 Å². The summed E-state index contributed by atoms with van der Waals surface area (Å²) in [5, 5.41) is 10.3. The summed E-state index contributed by atoms with van der Waals surface area (Å²) in [7, 11) is 3.00. The van der Waals surface area contributed by atoms with Crippen LogP contribution in [0.4, 0.5) is 14.5 Å². The Kier molecular flexibility index (Phi) is 3.18. The molecule has 0 atom stereocenters. The van der Waals surface area contributed by atoms with E-state index in [0.717, 1.165) is 6.07 Å². The van der Waals surface area contributed by atoms with Gasteiger partial charge in [0.15, 0.2) is 11.6 Å². The fourth-order valence-corrected chi connectivity index (χ4v) is 1.33. The first kappa shape index (κ1) is 11.4. The Hall–Kier alpha value is -1.72. The van der Waals surface area contributed by atoms with Crippen molar-refractivity contribution in [1.82, 2.24) is 0 Å². The third-order valence-electron chi connectivity index (χ3n) is 1.90. The van der Waals surface area contributed by atoms with Crippen LogP contribution >= 0.6 is 0 Å². The van der Waals surface area contributed by atoms with Gasteiger partial charge in [0.2, 0.25) is 6.54 Å². The Labute approximate surface area is 85.3 Å². The maximum Gasteiger partial charge on any atom is 0.231 e. The summed E-state index contributed by atoms with van der Waals surface area (Å²) < 4.78 is 26.2. The number of halogens is 2. The molecular formula is C9H10F2N2O2. The van der Waals surface area contributed by atoms with Gasteiger partial charge in [0.05, 0.1) is 5.69 Å². The van der Waals surface area contributed by atoms with Crippen molar-refractivity contribution in [2.75, 3.05) is 19.0 Å². The number of hydrogen-bond donors (Lipinski definition) is 0. The molecule has 0 radical (unpaired) electrons. The Balaban J connectivity index is 3.26. The Morgan fingerprint density at radius 2 is 2.00 bits per heavy atom. The molecule has 1 aromatic carbocycles. The summed E-state index contributed by atoms with van der Waals surface area (Å²) in [6.07, 6.45) is 0. The second-order valence-corrected chi connectivity index (χ2v) is 3.25. The van der Waals surface area contributed by atoms with E-state index in [2.05, 4.69) is 0 Å². The van der Waals surface area contributed by atoms with Gasteiger partial charge in [-0.2, -0.15) is 0 Å². The highest BCUT2D eigenvalue weighted by atomic mass is 19.2. The fourth-order valence-electron chi connectivity index (χ4n) is 1.33. The van der Waals surface area contributed by atoms with E-state index in [1.165, 1.54) is 25.1 Å². The predicted octanol–water partition coefficient (Wildman–Crippen LogP) is 1.81. The predicted molar refractivity (Wildman–Crippen MR) is 51.4 cm³/mol. The minimum atomic E-state index is -1.06. The Morgan fingerprint density at radius 3 is 2.47 bits per heavy atom. The van der Waals surface area contributed by atoms with Crippen LogP contribution in [0.5, 0.6) is 0 Å². The third-order valence-corrected chi connectivity index (χ3v) is 1.90. The number of anilines is 1. The molecule has 0 unspecified atom stereocenters. The molecule has 0 bridgehead atoms. The zero-order valence-electron chi connectivity index (χ0n) is 8.33.